The number of hydrogen-bond donors (Lipinski definition) is 1. The van der Waals surface area contributed by atoms with Crippen LogP contribution in [0.1, 0.15) is 26.2 Å². The fourth-order valence-corrected chi connectivity index (χ4v) is 1.30. The van der Waals surface area contributed by atoms with E-state index in [0.717, 1.165) is 18.6 Å². The lowest BCUT2D eigenvalue weighted by Crippen LogP contribution is -2.34. The number of nitrogens with one attached hydrogen (secondary N) is 1. The summed E-state index contributed by atoms with van der Waals surface area (Å²) in [7, 11) is 0. The van der Waals surface area contributed by atoms with Gasteiger partial charge >= 0.3 is 0 Å². The van der Waals surface area contributed by atoms with Crippen molar-refractivity contribution in [1.82, 2.24) is 5.32 Å². The van der Waals surface area contributed by atoms with Gasteiger partial charge in [-0.2, -0.15) is 11.8 Å². The highest BCUT2D eigenvalue weighted by Crippen LogP contribution is 2.34. The van der Waals surface area contributed by atoms with Gasteiger partial charge in [0, 0.05) is 17.7 Å². The molecule has 0 radical (unpaired) electrons. The zero-order valence-corrected chi connectivity index (χ0v) is 7.96. The van der Waals surface area contributed by atoms with E-state index in [0.29, 0.717) is 6.42 Å². The standard InChI is InChI=1S/C8H15NOS/c1-8(4-5-8)9-7(10)3-6-11-2/h3-6H2,1-2H3,(H,9,10). The Morgan fingerprint density at radius 2 is 2.27 bits per heavy atom. The van der Waals surface area contributed by atoms with Crippen molar-refractivity contribution < 1.29 is 4.79 Å². The first-order valence-corrected chi connectivity index (χ1v) is 5.36. The van der Waals surface area contributed by atoms with Gasteiger partial charge in [0.15, 0.2) is 0 Å². The Morgan fingerprint density at radius 3 is 2.73 bits per heavy atom. The minimum Gasteiger partial charge on any atom is -0.351 e. The second-order valence-electron chi connectivity index (χ2n) is 3.35. The lowest BCUT2D eigenvalue weighted by atomic mass is 10.3. The van der Waals surface area contributed by atoms with E-state index >= 15 is 0 Å². The molecule has 0 aromatic carbocycles. The third-order valence-electron chi connectivity index (χ3n) is 1.97. The van der Waals surface area contributed by atoms with Crippen LogP contribution in [0.3, 0.4) is 0 Å². The van der Waals surface area contributed by atoms with Gasteiger partial charge in [-0.1, -0.05) is 0 Å². The molecule has 0 saturated heterocycles. The average molecular weight is 173 g/mol. The zero-order valence-electron chi connectivity index (χ0n) is 7.14. The molecule has 0 aromatic rings. The van der Waals surface area contributed by atoms with Crippen LogP contribution in [-0.2, 0) is 4.79 Å². The van der Waals surface area contributed by atoms with E-state index in [2.05, 4.69) is 12.2 Å². The topological polar surface area (TPSA) is 29.1 Å². The molecule has 0 unspecified atom stereocenters. The maximum Gasteiger partial charge on any atom is 0.221 e. The van der Waals surface area contributed by atoms with Gasteiger partial charge < -0.3 is 5.32 Å². The summed E-state index contributed by atoms with van der Waals surface area (Å²) in [5.74, 6) is 1.14. The van der Waals surface area contributed by atoms with Crippen molar-refractivity contribution in [1.29, 1.82) is 0 Å². The predicted octanol–water partition coefficient (Wildman–Crippen LogP) is 1.41. The normalized spacial score (nSPS) is 19.5. The summed E-state index contributed by atoms with van der Waals surface area (Å²) in [4.78, 5) is 11.1. The van der Waals surface area contributed by atoms with Crippen LogP contribution in [0.15, 0.2) is 0 Å². The van der Waals surface area contributed by atoms with Crippen molar-refractivity contribution >= 4 is 17.7 Å². The molecule has 0 bridgehead atoms. The van der Waals surface area contributed by atoms with Crippen LogP contribution in [-0.4, -0.2) is 23.5 Å². The second kappa shape index (κ2) is 3.48. The third kappa shape index (κ3) is 3.14. The number of hydrogen-bond acceptors (Lipinski definition) is 2. The van der Waals surface area contributed by atoms with Crippen LogP contribution < -0.4 is 5.32 Å². The molecular formula is C8H15NOS. The Kier molecular flexibility index (Phi) is 2.82. The maximum atomic E-state index is 11.1. The smallest absolute Gasteiger partial charge is 0.221 e. The minimum atomic E-state index is 0.162. The molecule has 2 nitrogen and oxygen atoms in total. The number of carbonyl (C=O) groups excluding carboxylic acids is 1. The van der Waals surface area contributed by atoms with Gasteiger partial charge in [0.1, 0.15) is 0 Å². The summed E-state index contributed by atoms with van der Waals surface area (Å²) in [5, 5.41) is 3.01. The molecular weight excluding hydrogens is 158 g/mol. The van der Waals surface area contributed by atoms with Crippen LogP contribution in [0.2, 0.25) is 0 Å². The molecule has 0 heterocycles. The molecule has 3 heteroatoms. The molecule has 11 heavy (non-hydrogen) atoms. The monoisotopic (exact) mass is 173 g/mol. The maximum absolute atomic E-state index is 11.1. The fraction of sp³-hybridized carbons (Fsp3) is 0.875. The van der Waals surface area contributed by atoms with Crippen LogP contribution in [0.4, 0.5) is 0 Å². The molecule has 1 amide bonds. The van der Waals surface area contributed by atoms with Gasteiger partial charge in [-0.15, -0.1) is 0 Å². The van der Waals surface area contributed by atoms with E-state index in [9.17, 15) is 4.79 Å². The molecule has 1 aliphatic carbocycles. The summed E-state index contributed by atoms with van der Waals surface area (Å²) in [6, 6.07) is 0. The summed E-state index contributed by atoms with van der Waals surface area (Å²) in [6.07, 6.45) is 4.99. The van der Waals surface area contributed by atoms with Crippen LogP contribution >= 0.6 is 11.8 Å². The number of thioether (sulfide) groups is 1. The predicted molar refractivity (Wildman–Crippen MR) is 48.8 cm³/mol. The van der Waals surface area contributed by atoms with E-state index in [-0.39, 0.29) is 11.4 Å². The van der Waals surface area contributed by atoms with Crippen LogP contribution in [0, 0.1) is 0 Å². The quantitative estimate of drug-likeness (QED) is 0.696. The molecule has 0 aliphatic heterocycles. The first-order chi connectivity index (χ1) is 5.16. The number of carbonyl (C=O) groups is 1. The summed E-state index contributed by atoms with van der Waals surface area (Å²) in [5.41, 5.74) is 0.162. The second-order valence-corrected chi connectivity index (χ2v) is 4.34. The largest absolute Gasteiger partial charge is 0.351 e. The summed E-state index contributed by atoms with van der Waals surface area (Å²) >= 11 is 1.72. The highest BCUT2D eigenvalue weighted by Gasteiger charge is 2.38. The van der Waals surface area contributed by atoms with Gasteiger partial charge in [-0.3, -0.25) is 4.79 Å². The SMILES string of the molecule is CSCCC(=O)NC1(C)CC1. The Hall–Kier alpha value is -0.180. The Morgan fingerprint density at radius 1 is 1.64 bits per heavy atom. The molecule has 0 spiro atoms. The fourth-order valence-electron chi connectivity index (χ4n) is 0.906. The van der Waals surface area contributed by atoms with E-state index in [4.69, 9.17) is 0 Å². The van der Waals surface area contributed by atoms with Crippen molar-refractivity contribution in [2.75, 3.05) is 12.0 Å². The highest BCUT2D eigenvalue weighted by molar-refractivity contribution is 7.98. The molecule has 1 rings (SSSR count). The molecule has 1 N–H and O–H groups in total. The van der Waals surface area contributed by atoms with E-state index in [1.54, 1.807) is 11.8 Å². The first kappa shape index (κ1) is 8.91. The average Bonchev–Trinajstić information content (AvgIpc) is 2.63. The molecule has 1 saturated carbocycles. The lowest BCUT2D eigenvalue weighted by Gasteiger charge is -2.10. The zero-order chi connectivity index (χ0) is 8.32. The third-order valence-corrected chi connectivity index (χ3v) is 2.59. The van der Waals surface area contributed by atoms with E-state index < -0.39 is 0 Å². The molecule has 1 fully saturated rings. The molecule has 0 aromatic heterocycles. The summed E-state index contributed by atoms with van der Waals surface area (Å²) in [6.45, 7) is 2.10. The Balaban J connectivity index is 2.11. The minimum absolute atomic E-state index is 0.162. The molecule has 0 atom stereocenters. The summed E-state index contributed by atoms with van der Waals surface area (Å²) < 4.78 is 0. The molecule has 64 valence electrons. The van der Waals surface area contributed by atoms with Gasteiger partial charge in [0.25, 0.3) is 0 Å². The van der Waals surface area contributed by atoms with Crippen molar-refractivity contribution in [3.8, 4) is 0 Å². The number of rotatable bonds is 4. The van der Waals surface area contributed by atoms with Crippen LogP contribution in [0.25, 0.3) is 0 Å². The number of amides is 1. The lowest BCUT2D eigenvalue weighted by molar-refractivity contribution is -0.121. The van der Waals surface area contributed by atoms with Crippen molar-refractivity contribution in [2.45, 2.75) is 31.7 Å². The van der Waals surface area contributed by atoms with Gasteiger partial charge in [0.05, 0.1) is 0 Å². The van der Waals surface area contributed by atoms with Crippen molar-refractivity contribution in [3.63, 3.8) is 0 Å². The van der Waals surface area contributed by atoms with Crippen molar-refractivity contribution in [2.24, 2.45) is 0 Å². The first-order valence-electron chi connectivity index (χ1n) is 3.96. The van der Waals surface area contributed by atoms with E-state index in [1.807, 2.05) is 6.26 Å². The van der Waals surface area contributed by atoms with Gasteiger partial charge in [0.2, 0.25) is 5.91 Å². The van der Waals surface area contributed by atoms with Gasteiger partial charge in [-0.25, -0.2) is 0 Å². The van der Waals surface area contributed by atoms with Crippen molar-refractivity contribution in [3.05, 3.63) is 0 Å². The van der Waals surface area contributed by atoms with Crippen LogP contribution in [0.5, 0.6) is 0 Å². The van der Waals surface area contributed by atoms with E-state index in [1.165, 1.54) is 0 Å². The van der Waals surface area contributed by atoms with Gasteiger partial charge in [-0.05, 0) is 26.0 Å². The molecule has 1 aliphatic rings. The Bertz CT molecular complexity index is 154. The highest BCUT2D eigenvalue weighted by atomic mass is 32.2. The Labute approximate surface area is 72.1 Å².